The van der Waals surface area contributed by atoms with Crippen molar-refractivity contribution < 1.29 is 9.37 Å². The van der Waals surface area contributed by atoms with Crippen molar-refractivity contribution in [3.63, 3.8) is 0 Å². The van der Waals surface area contributed by atoms with Crippen LogP contribution in [-0.2, 0) is 4.79 Å². The van der Waals surface area contributed by atoms with E-state index in [1.165, 1.54) is 25.7 Å². The number of carbonyl (C=O) groups is 1. The third kappa shape index (κ3) is 9.34. The lowest BCUT2D eigenvalue weighted by molar-refractivity contribution is -0.489. The molecular formula is C15H31N2O+. The maximum absolute atomic E-state index is 11.4. The van der Waals surface area contributed by atoms with Crippen LogP contribution >= 0.6 is 0 Å². The first-order valence-corrected chi connectivity index (χ1v) is 7.22. The summed E-state index contributed by atoms with van der Waals surface area (Å²) in [6.07, 6.45) is 6.31. The lowest BCUT2D eigenvalue weighted by Gasteiger charge is -2.13. The first-order chi connectivity index (χ1) is 8.47. The number of ketones is 1. The number of nitrogens with zero attached hydrogens (tertiary/aromatic N) is 1. The summed E-state index contributed by atoms with van der Waals surface area (Å²) in [5, 5.41) is 3.32. The fraction of sp³-hybridized carbons (Fsp3) is 0.867. The van der Waals surface area contributed by atoms with E-state index in [1.807, 2.05) is 11.6 Å². The third-order valence-electron chi connectivity index (χ3n) is 3.45. The average molecular weight is 255 g/mol. The second kappa shape index (κ2) is 10.2. The second-order valence-corrected chi connectivity index (χ2v) is 5.52. The number of likely N-dealkylation sites (N-methyl/N-ethyl adjacent to an activating group) is 1. The van der Waals surface area contributed by atoms with E-state index in [-0.39, 0.29) is 11.8 Å². The van der Waals surface area contributed by atoms with Crippen molar-refractivity contribution >= 4 is 12.5 Å². The van der Waals surface area contributed by atoms with Gasteiger partial charge in [-0.2, -0.15) is 0 Å². The zero-order valence-electron chi connectivity index (χ0n) is 12.7. The van der Waals surface area contributed by atoms with Crippen LogP contribution in [0.15, 0.2) is 0 Å². The molecule has 0 saturated heterocycles. The predicted molar refractivity (Wildman–Crippen MR) is 78.6 cm³/mol. The zero-order valence-corrected chi connectivity index (χ0v) is 12.7. The Morgan fingerprint density at radius 1 is 1.33 bits per heavy atom. The summed E-state index contributed by atoms with van der Waals surface area (Å²) in [6.45, 7) is 11.6. The molecule has 1 N–H and O–H groups in total. The van der Waals surface area contributed by atoms with Gasteiger partial charge < -0.3 is 5.32 Å². The summed E-state index contributed by atoms with van der Waals surface area (Å²) in [4.78, 5) is 11.4. The molecule has 0 saturated carbocycles. The van der Waals surface area contributed by atoms with Gasteiger partial charge in [0.2, 0.25) is 0 Å². The van der Waals surface area contributed by atoms with Crippen LogP contribution in [-0.4, -0.2) is 43.3 Å². The molecule has 0 aliphatic carbocycles. The summed E-state index contributed by atoms with van der Waals surface area (Å²) in [6, 6.07) is -0.0675. The van der Waals surface area contributed by atoms with E-state index in [2.05, 4.69) is 25.9 Å². The minimum Gasteiger partial charge on any atom is -0.302 e. The second-order valence-electron chi connectivity index (χ2n) is 5.52. The Morgan fingerprint density at radius 2 is 2.00 bits per heavy atom. The van der Waals surface area contributed by atoms with Gasteiger partial charge in [-0.3, -0.25) is 4.79 Å². The number of carbonyl (C=O) groups excluding carboxylic acids is 1. The van der Waals surface area contributed by atoms with Crippen molar-refractivity contribution in [2.24, 2.45) is 5.92 Å². The quantitative estimate of drug-likeness (QED) is 0.349. The molecule has 0 bridgehead atoms. The van der Waals surface area contributed by atoms with E-state index in [1.54, 1.807) is 6.92 Å². The van der Waals surface area contributed by atoms with Crippen LogP contribution < -0.4 is 5.32 Å². The van der Waals surface area contributed by atoms with Gasteiger partial charge in [0.1, 0.15) is 19.8 Å². The largest absolute Gasteiger partial charge is 0.302 e. The van der Waals surface area contributed by atoms with Crippen LogP contribution in [0, 0.1) is 5.92 Å². The molecule has 0 aliphatic rings. The van der Waals surface area contributed by atoms with Gasteiger partial charge in [0, 0.05) is 0 Å². The van der Waals surface area contributed by atoms with E-state index < -0.39 is 0 Å². The Kier molecular flexibility index (Phi) is 9.85. The minimum absolute atomic E-state index is 0.0675. The fourth-order valence-corrected chi connectivity index (χ4v) is 1.92. The standard InChI is InChI=1S/C15H31N2O/c1-6-13(2)10-8-7-9-11-16-15(14(3)18)12-17(4)5/h13,15-16H,4,6-12H2,1-3,5H3/q+1/t13-,15-/m0/s1. The molecule has 0 unspecified atom stereocenters. The van der Waals surface area contributed by atoms with Crippen molar-refractivity contribution in [3.8, 4) is 0 Å². The number of rotatable bonds is 11. The monoisotopic (exact) mass is 255 g/mol. The van der Waals surface area contributed by atoms with Gasteiger partial charge in [-0.05, 0) is 25.8 Å². The Morgan fingerprint density at radius 3 is 2.50 bits per heavy atom. The van der Waals surface area contributed by atoms with Gasteiger partial charge in [-0.15, -0.1) is 0 Å². The highest BCUT2D eigenvalue weighted by atomic mass is 16.1. The third-order valence-corrected chi connectivity index (χ3v) is 3.45. The van der Waals surface area contributed by atoms with E-state index in [9.17, 15) is 4.79 Å². The molecule has 0 aromatic carbocycles. The number of nitrogens with one attached hydrogen (secondary N) is 1. The topological polar surface area (TPSA) is 32.1 Å². The Labute approximate surface area is 113 Å². The van der Waals surface area contributed by atoms with Crippen molar-refractivity contribution in [1.29, 1.82) is 0 Å². The summed E-state index contributed by atoms with van der Waals surface area (Å²) in [7, 11) is 1.89. The Balaban J connectivity index is 3.61. The molecule has 0 fully saturated rings. The molecule has 3 nitrogen and oxygen atoms in total. The summed E-state index contributed by atoms with van der Waals surface area (Å²) in [5.41, 5.74) is 0. The molecule has 0 heterocycles. The number of unbranched alkanes of at least 4 members (excludes halogenated alkanes) is 2. The maximum Gasteiger partial charge on any atom is 0.164 e. The maximum atomic E-state index is 11.4. The predicted octanol–water partition coefficient (Wildman–Crippen LogP) is 2.48. The molecule has 0 radical (unpaired) electrons. The van der Waals surface area contributed by atoms with E-state index in [4.69, 9.17) is 0 Å². The van der Waals surface area contributed by atoms with Crippen molar-refractivity contribution in [2.45, 2.75) is 58.9 Å². The van der Waals surface area contributed by atoms with Gasteiger partial charge in [-0.25, -0.2) is 4.58 Å². The Hall–Kier alpha value is -0.700. The summed E-state index contributed by atoms with van der Waals surface area (Å²) in [5.74, 6) is 1.05. The van der Waals surface area contributed by atoms with Crippen molar-refractivity contribution in [3.05, 3.63) is 0 Å². The van der Waals surface area contributed by atoms with Crippen LogP contribution in [0.3, 0.4) is 0 Å². The first kappa shape index (κ1) is 17.3. The van der Waals surface area contributed by atoms with Crippen LogP contribution in [0.1, 0.15) is 52.9 Å². The lowest BCUT2D eigenvalue weighted by Crippen LogP contribution is -2.41. The molecular weight excluding hydrogens is 224 g/mol. The number of hydrogen-bond acceptors (Lipinski definition) is 2. The van der Waals surface area contributed by atoms with Crippen LogP contribution in [0.2, 0.25) is 0 Å². The van der Waals surface area contributed by atoms with Gasteiger partial charge in [0.25, 0.3) is 0 Å². The minimum atomic E-state index is -0.0675. The SMILES string of the molecule is C=[N+](C)C[C@H](NCCCCC[C@@H](C)CC)C(C)=O. The molecule has 2 atom stereocenters. The van der Waals surface area contributed by atoms with E-state index >= 15 is 0 Å². The van der Waals surface area contributed by atoms with Gasteiger partial charge in [0.05, 0.1) is 0 Å². The van der Waals surface area contributed by atoms with E-state index in [0.717, 1.165) is 18.9 Å². The van der Waals surface area contributed by atoms with Gasteiger partial charge >= 0.3 is 0 Å². The normalized spacial score (nSPS) is 14.2. The molecule has 0 aromatic rings. The fourth-order valence-electron chi connectivity index (χ4n) is 1.92. The summed E-state index contributed by atoms with van der Waals surface area (Å²) >= 11 is 0. The highest BCUT2D eigenvalue weighted by Gasteiger charge is 2.16. The van der Waals surface area contributed by atoms with E-state index in [0.29, 0.717) is 6.54 Å². The number of Topliss-reactive ketones (excluding diaryl/α,β-unsaturated/α-hetero) is 1. The molecule has 0 aromatic heterocycles. The van der Waals surface area contributed by atoms with Crippen molar-refractivity contribution in [1.82, 2.24) is 5.32 Å². The molecule has 0 aliphatic heterocycles. The Bertz CT molecular complexity index is 251. The molecule has 0 rings (SSSR count). The molecule has 18 heavy (non-hydrogen) atoms. The van der Waals surface area contributed by atoms with Gasteiger partial charge in [-0.1, -0.05) is 39.5 Å². The smallest absolute Gasteiger partial charge is 0.164 e. The highest BCUT2D eigenvalue weighted by Crippen LogP contribution is 2.11. The molecule has 3 heteroatoms. The average Bonchev–Trinajstić information content (AvgIpc) is 2.30. The molecule has 0 spiro atoms. The first-order valence-electron chi connectivity index (χ1n) is 7.22. The number of hydrogen-bond donors (Lipinski definition) is 1. The van der Waals surface area contributed by atoms with Crippen LogP contribution in [0.5, 0.6) is 0 Å². The highest BCUT2D eigenvalue weighted by molar-refractivity contribution is 5.81. The zero-order chi connectivity index (χ0) is 14.0. The van der Waals surface area contributed by atoms with Gasteiger partial charge in [0.15, 0.2) is 12.3 Å². The van der Waals surface area contributed by atoms with Crippen LogP contribution in [0.25, 0.3) is 0 Å². The lowest BCUT2D eigenvalue weighted by atomic mass is 10.0. The van der Waals surface area contributed by atoms with Crippen LogP contribution in [0.4, 0.5) is 0 Å². The molecule has 0 amide bonds. The summed E-state index contributed by atoms with van der Waals surface area (Å²) < 4.78 is 1.81. The van der Waals surface area contributed by atoms with Crippen molar-refractivity contribution in [2.75, 3.05) is 20.1 Å². The molecule has 106 valence electrons.